The highest BCUT2D eigenvalue weighted by atomic mass is 32.2. The lowest BCUT2D eigenvalue weighted by Crippen LogP contribution is -2.33. The molecule has 0 spiro atoms. The highest BCUT2D eigenvalue weighted by Gasteiger charge is 2.28. The van der Waals surface area contributed by atoms with Crippen molar-refractivity contribution in [3.05, 3.63) is 71.3 Å². The van der Waals surface area contributed by atoms with Gasteiger partial charge in [0.2, 0.25) is 10.0 Å². The molecular weight excluding hydrogens is 494 g/mol. The van der Waals surface area contributed by atoms with Crippen LogP contribution < -0.4 is 0 Å². The van der Waals surface area contributed by atoms with Crippen LogP contribution in [0, 0.1) is 0 Å². The van der Waals surface area contributed by atoms with Gasteiger partial charge in [-0.1, -0.05) is 30.3 Å². The molecular formula is C26H27N5O3S2. The van der Waals surface area contributed by atoms with Gasteiger partial charge < -0.3 is 4.90 Å². The SMILES string of the molecule is CN(C)S(=O)(=O)c1ccc(-c2nn(-c3ccccc3)cc2/C=C2\SC(N3CCCCC3)=NC2=O)cc1. The summed E-state index contributed by atoms with van der Waals surface area (Å²) in [5.41, 5.74) is 3.04. The van der Waals surface area contributed by atoms with Gasteiger partial charge >= 0.3 is 0 Å². The normalized spacial score (nSPS) is 17.8. The summed E-state index contributed by atoms with van der Waals surface area (Å²) in [5, 5.41) is 5.56. The molecule has 0 radical (unpaired) electrons. The number of nitrogens with zero attached hydrogens (tertiary/aromatic N) is 5. The molecule has 2 aromatic carbocycles. The Balaban J connectivity index is 1.52. The van der Waals surface area contributed by atoms with Crippen LogP contribution in [0.3, 0.4) is 0 Å². The van der Waals surface area contributed by atoms with E-state index in [4.69, 9.17) is 5.10 Å². The number of piperidine rings is 1. The smallest absolute Gasteiger partial charge is 0.286 e. The van der Waals surface area contributed by atoms with E-state index in [1.54, 1.807) is 28.9 Å². The van der Waals surface area contributed by atoms with Crippen molar-refractivity contribution in [1.82, 2.24) is 19.0 Å². The monoisotopic (exact) mass is 521 g/mol. The Morgan fingerprint density at radius 2 is 1.67 bits per heavy atom. The van der Waals surface area contributed by atoms with E-state index in [0.717, 1.165) is 47.9 Å². The second-order valence-electron chi connectivity index (χ2n) is 8.88. The maximum Gasteiger partial charge on any atom is 0.286 e. The zero-order valence-electron chi connectivity index (χ0n) is 20.2. The third-order valence-corrected chi connectivity index (χ3v) is 9.07. The van der Waals surface area contributed by atoms with Gasteiger partial charge in [-0.15, -0.1) is 0 Å². The number of aliphatic imine (C=N–C) groups is 1. The maximum atomic E-state index is 12.8. The molecule has 3 aromatic rings. The fourth-order valence-electron chi connectivity index (χ4n) is 4.19. The van der Waals surface area contributed by atoms with E-state index in [0.29, 0.717) is 10.6 Å². The molecule has 186 valence electrons. The van der Waals surface area contributed by atoms with Crippen LogP contribution in [-0.4, -0.2) is 65.7 Å². The quantitative estimate of drug-likeness (QED) is 0.467. The summed E-state index contributed by atoms with van der Waals surface area (Å²) < 4.78 is 28.0. The molecule has 3 heterocycles. The minimum absolute atomic E-state index is 0.208. The van der Waals surface area contributed by atoms with Crippen LogP contribution in [0.4, 0.5) is 0 Å². The lowest BCUT2D eigenvalue weighted by atomic mass is 10.1. The summed E-state index contributed by atoms with van der Waals surface area (Å²) in [5.74, 6) is -0.244. The van der Waals surface area contributed by atoms with Crippen LogP contribution in [0.1, 0.15) is 24.8 Å². The lowest BCUT2D eigenvalue weighted by molar-refractivity contribution is -0.113. The zero-order chi connectivity index (χ0) is 25.3. The molecule has 2 aliphatic heterocycles. The van der Waals surface area contributed by atoms with Gasteiger partial charge in [0.25, 0.3) is 5.91 Å². The Hall–Kier alpha value is -3.21. The fourth-order valence-corrected chi connectivity index (χ4v) is 6.04. The first-order chi connectivity index (χ1) is 17.3. The van der Waals surface area contributed by atoms with E-state index in [1.807, 2.05) is 42.6 Å². The standard InChI is InChI=1S/C26H27N5O3S2/c1-29(2)36(33,34)22-13-11-19(12-14-22)24-20(18-31(28-24)21-9-5-3-6-10-21)17-23-25(32)27-26(35-23)30-15-7-4-8-16-30/h3,5-6,9-14,17-18H,4,7-8,15-16H2,1-2H3/b23-17-. The lowest BCUT2D eigenvalue weighted by Gasteiger charge is -2.27. The maximum absolute atomic E-state index is 12.8. The minimum Gasteiger partial charge on any atom is -0.351 e. The van der Waals surface area contributed by atoms with Gasteiger partial charge in [-0.05, 0) is 61.4 Å². The molecule has 5 rings (SSSR count). The first kappa shape index (κ1) is 24.5. The number of carbonyl (C=O) groups is 1. The Labute approximate surface area is 215 Å². The highest BCUT2D eigenvalue weighted by molar-refractivity contribution is 8.18. The molecule has 10 heteroatoms. The summed E-state index contributed by atoms with van der Waals surface area (Å²) in [6, 6.07) is 16.4. The number of para-hydroxylation sites is 1. The Kier molecular flexibility index (Phi) is 6.83. The fraction of sp³-hybridized carbons (Fsp3) is 0.269. The van der Waals surface area contributed by atoms with Crippen molar-refractivity contribution < 1.29 is 13.2 Å². The van der Waals surface area contributed by atoms with Gasteiger partial charge in [0.15, 0.2) is 5.17 Å². The minimum atomic E-state index is -3.54. The van der Waals surface area contributed by atoms with Crippen molar-refractivity contribution in [2.75, 3.05) is 27.2 Å². The van der Waals surface area contributed by atoms with Crippen LogP contribution in [0.15, 0.2) is 75.6 Å². The van der Waals surface area contributed by atoms with E-state index in [-0.39, 0.29) is 10.8 Å². The average Bonchev–Trinajstić information content (AvgIpc) is 3.49. The molecule has 0 bridgehead atoms. The van der Waals surface area contributed by atoms with Crippen LogP contribution >= 0.6 is 11.8 Å². The van der Waals surface area contributed by atoms with E-state index in [1.165, 1.54) is 36.6 Å². The molecule has 0 unspecified atom stereocenters. The van der Waals surface area contributed by atoms with Gasteiger partial charge in [-0.2, -0.15) is 10.1 Å². The van der Waals surface area contributed by atoms with Crippen molar-refractivity contribution in [2.45, 2.75) is 24.2 Å². The average molecular weight is 522 g/mol. The van der Waals surface area contributed by atoms with Crippen LogP contribution in [0.5, 0.6) is 0 Å². The number of amides is 1. The topological polar surface area (TPSA) is 87.9 Å². The number of benzene rings is 2. The predicted molar refractivity (Wildman–Crippen MR) is 143 cm³/mol. The van der Waals surface area contributed by atoms with Crippen molar-refractivity contribution in [3.63, 3.8) is 0 Å². The predicted octanol–water partition coefficient (Wildman–Crippen LogP) is 4.25. The number of amidine groups is 1. The second-order valence-corrected chi connectivity index (χ2v) is 12.0. The van der Waals surface area contributed by atoms with E-state index in [9.17, 15) is 13.2 Å². The Bertz CT molecular complexity index is 1440. The number of hydrogen-bond donors (Lipinski definition) is 0. The first-order valence-electron chi connectivity index (χ1n) is 11.8. The number of hydrogen-bond acceptors (Lipinski definition) is 6. The molecule has 1 fully saturated rings. The number of thioether (sulfide) groups is 1. The summed E-state index contributed by atoms with van der Waals surface area (Å²) in [4.78, 5) is 20.0. The zero-order valence-corrected chi connectivity index (χ0v) is 21.8. The summed E-state index contributed by atoms with van der Waals surface area (Å²) in [6.07, 6.45) is 7.15. The number of likely N-dealkylation sites (tertiary alicyclic amines) is 1. The van der Waals surface area contributed by atoms with Gasteiger partial charge in [0.1, 0.15) is 0 Å². The molecule has 0 N–H and O–H groups in total. The molecule has 36 heavy (non-hydrogen) atoms. The third-order valence-electron chi connectivity index (χ3n) is 6.19. The molecule has 2 aliphatic rings. The van der Waals surface area contributed by atoms with E-state index >= 15 is 0 Å². The van der Waals surface area contributed by atoms with Crippen molar-refractivity contribution in [2.24, 2.45) is 4.99 Å². The largest absolute Gasteiger partial charge is 0.351 e. The second kappa shape index (κ2) is 10.0. The highest BCUT2D eigenvalue weighted by Crippen LogP contribution is 2.34. The molecule has 1 saturated heterocycles. The summed E-state index contributed by atoms with van der Waals surface area (Å²) >= 11 is 1.40. The van der Waals surface area contributed by atoms with Gasteiger partial charge in [-0.25, -0.2) is 17.4 Å². The summed E-state index contributed by atoms with van der Waals surface area (Å²) in [7, 11) is -0.528. The van der Waals surface area contributed by atoms with Crippen LogP contribution in [0.25, 0.3) is 23.0 Å². The van der Waals surface area contributed by atoms with Crippen molar-refractivity contribution >= 4 is 38.9 Å². The molecule has 8 nitrogen and oxygen atoms in total. The molecule has 1 amide bonds. The number of carbonyl (C=O) groups excluding carboxylic acids is 1. The number of sulfonamides is 1. The van der Waals surface area contributed by atoms with E-state index < -0.39 is 10.0 Å². The van der Waals surface area contributed by atoms with Crippen molar-refractivity contribution in [3.8, 4) is 16.9 Å². The van der Waals surface area contributed by atoms with Gasteiger partial charge in [-0.3, -0.25) is 4.79 Å². The summed E-state index contributed by atoms with van der Waals surface area (Å²) in [6.45, 7) is 1.84. The third kappa shape index (κ3) is 4.88. The molecule has 0 saturated carbocycles. The number of aromatic nitrogens is 2. The van der Waals surface area contributed by atoms with Gasteiger partial charge in [0.05, 0.1) is 21.2 Å². The van der Waals surface area contributed by atoms with Crippen molar-refractivity contribution in [1.29, 1.82) is 0 Å². The first-order valence-corrected chi connectivity index (χ1v) is 14.0. The molecule has 0 atom stereocenters. The van der Waals surface area contributed by atoms with Crippen LogP contribution in [-0.2, 0) is 14.8 Å². The Morgan fingerprint density at radius 1 is 0.972 bits per heavy atom. The van der Waals surface area contributed by atoms with Gasteiger partial charge in [0, 0.05) is 44.5 Å². The molecule has 1 aromatic heterocycles. The van der Waals surface area contributed by atoms with E-state index in [2.05, 4.69) is 9.89 Å². The molecule has 0 aliphatic carbocycles. The Morgan fingerprint density at radius 3 is 2.33 bits per heavy atom. The number of rotatable bonds is 5. The van der Waals surface area contributed by atoms with Crippen LogP contribution in [0.2, 0.25) is 0 Å².